The quantitative estimate of drug-likeness (QED) is 0.788. The molecule has 0 saturated heterocycles. The number of hydrogen-bond donors (Lipinski definition) is 1. The molecule has 0 bridgehead atoms. The molecule has 6 heteroatoms. The largest absolute Gasteiger partial charge is 0.349 e. The number of amides is 1. The Morgan fingerprint density at radius 2 is 1.93 bits per heavy atom. The highest BCUT2D eigenvalue weighted by Crippen LogP contribution is 2.38. The van der Waals surface area contributed by atoms with Crippen LogP contribution in [0.2, 0.25) is 0 Å². The van der Waals surface area contributed by atoms with Crippen molar-refractivity contribution in [1.29, 1.82) is 0 Å². The smallest absolute Gasteiger partial charge is 0.263 e. The van der Waals surface area contributed by atoms with Gasteiger partial charge in [0.2, 0.25) is 0 Å². The molecule has 0 aliphatic heterocycles. The maximum absolute atomic E-state index is 12.9. The summed E-state index contributed by atoms with van der Waals surface area (Å²) in [5, 5.41) is 3.96. The summed E-state index contributed by atoms with van der Waals surface area (Å²) < 4.78 is 0. The van der Waals surface area contributed by atoms with Crippen LogP contribution in [0.25, 0.3) is 10.8 Å². The Labute approximate surface area is 167 Å². The third kappa shape index (κ3) is 5.58. The number of aryl methyl sites for hydroxylation is 1. The number of carbonyl (C=O) groups is 1. The minimum Gasteiger partial charge on any atom is -0.349 e. The van der Waals surface area contributed by atoms with Gasteiger partial charge in [-0.05, 0) is 43.1 Å². The molecular weight excluding hydrogens is 356 g/mol. The number of nitrogens with one attached hydrogen (secondary N) is 1. The van der Waals surface area contributed by atoms with Crippen LogP contribution in [0, 0.1) is 11.3 Å². The molecule has 2 atom stereocenters. The molecule has 1 saturated carbocycles. The Morgan fingerprint density at radius 3 is 2.52 bits per heavy atom. The molecule has 1 aliphatic carbocycles. The van der Waals surface area contributed by atoms with E-state index in [-0.39, 0.29) is 17.4 Å². The second kappa shape index (κ2) is 9.40. The Balaban J connectivity index is 0.00000126. The van der Waals surface area contributed by atoms with Crippen LogP contribution < -0.4 is 5.32 Å². The molecule has 148 valence electrons. The molecule has 1 aliphatic rings. The third-order valence-electron chi connectivity index (χ3n) is 4.72. The molecule has 5 nitrogen and oxygen atoms in total. The monoisotopic (exact) mass is 388 g/mol. The Hall–Kier alpha value is -1.82. The Morgan fingerprint density at radius 1 is 1.26 bits per heavy atom. The zero-order valence-corrected chi connectivity index (χ0v) is 18.2. The summed E-state index contributed by atoms with van der Waals surface area (Å²) in [7, 11) is 0. The lowest BCUT2D eigenvalue weighted by Crippen LogP contribution is -2.43. The number of hydrogen-bond acceptors (Lipinski definition) is 5. The van der Waals surface area contributed by atoms with E-state index < -0.39 is 0 Å². The van der Waals surface area contributed by atoms with Crippen LogP contribution in [0.4, 0.5) is 0 Å². The SMILES string of the molecule is CC.CCc1nc(-c2ncccn2)sc1C(=O)NC1CC(C)CC(C)(C)C1. The number of aromatic nitrogens is 3. The van der Waals surface area contributed by atoms with Crippen molar-refractivity contribution in [2.45, 2.75) is 73.3 Å². The second-order valence-corrected chi connectivity index (χ2v) is 8.80. The number of nitrogens with zero attached hydrogens (tertiary/aromatic N) is 3. The lowest BCUT2D eigenvalue weighted by atomic mass is 9.70. The predicted molar refractivity (Wildman–Crippen MR) is 112 cm³/mol. The van der Waals surface area contributed by atoms with Crippen molar-refractivity contribution in [3.63, 3.8) is 0 Å². The number of rotatable bonds is 4. The zero-order valence-electron chi connectivity index (χ0n) is 17.4. The van der Waals surface area contributed by atoms with E-state index in [9.17, 15) is 4.79 Å². The van der Waals surface area contributed by atoms with Gasteiger partial charge in [-0.1, -0.05) is 41.5 Å². The first-order valence-corrected chi connectivity index (χ1v) is 10.8. The van der Waals surface area contributed by atoms with Gasteiger partial charge in [-0.2, -0.15) is 0 Å². The molecule has 2 aromatic heterocycles. The summed E-state index contributed by atoms with van der Waals surface area (Å²) >= 11 is 1.39. The van der Waals surface area contributed by atoms with Gasteiger partial charge in [0.15, 0.2) is 10.8 Å². The van der Waals surface area contributed by atoms with Gasteiger partial charge in [0, 0.05) is 18.4 Å². The van der Waals surface area contributed by atoms with Crippen molar-refractivity contribution in [1.82, 2.24) is 20.3 Å². The molecule has 1 N–H and O–H groups in total. The number of carbonyl (C=O) groups excluding carboxylic acids is 1. The van der Waals surface area contributed by atoms with Crippen molar-refractivity contribution in [2.75, 3.05) is 0 Å². The van der Waals surface area contributed by atoms with E-state index in [1.807, 2.05) is 20.8 Å². The van der Waals surface area contributed by atoms with Crippen molar-refractivity contribution in [2.24, 2.45) is 11.3 Å². The molecule has 2 aromatic rings. The highest BCUT2D eigenvalue weighted by molar-refractivity contribution is 7.17. The molecule has 0 spiro atoms. The minimum absolute atomic E-state index is 0.00793. The molecule has 3 rings (SSSR count). The van der Waals surface area contributed by atoms with Crippen LogP contribution >= 0.6 is 11.3 Å². The Kier molecular flexibility index (Phi) is 7.48. The fraction of sp³-hybridized carbons (Fsp3) is 0.619. The summed E-state index contributed by atoms with van der Waals surface area (Å²) in [6, 6.07) is 2.01. The molecule has 0 aromatic carbocycles. The average molecular weight is 389 g/mol. The Bertz CT molecular complexity index is 742. The topological polar surface area (TPSA) is 67.8 Å². The lowest BCUT2D eigenvalue weighted by Gasteiger charge is -2.39. The van der Waals surface area contributed by atoms with Crippen LogP contribution in [0.3, 0.4) is 0 Å². The summed E-state index contributed by atoms with van der Waals surface area (Å²) in [5.74, 6) is 1.20. The van der Waals surface area contributed by atoms with E-state index in [1.165, 1.54) is 17.8 Å². The van der Waals surface area contributed by atoms with Gasteiger partial charge in [-0.15, -0.1) is 11.3 Å². The van der Waals surface area contributed by atoms with Gasteiger partial charge in [-0.3, -0.25) is 4.79 Å². The van der Waals surface area contributed by atoms with E-state index in [4.69, 9.17) is 0 Å². The highest BCUT2D eigenvalue weighted by Gasteiger charge is 2.33. The summed E-state index contributed by atoms with van der Waals surface area (Å²) in [4.78, 5) is 26.7. The molecular formula is C21H32N4OS. The fourth-order valence-corrected chi connectivity index (χ4v) is 4.99. The highest BCUT2D eigenvalue weighted by atomic mass is 32.1. The van der Waals surface area contributed by atoms with E-state index in [0.29, 0.717) is 21.6 Å². The maximum Gasteiger partial charge on any atom is 0.263 e. The third-order valence-corrected chi connectivity index (χ3v) is 5.81. The van der Waals surface area contributed by atoms with E-state index in [1.54, 1.807) is 18.5 Å². The molecule has 1 fully saturated rings. The summed E-state index contributed by atoms with van der Waals surface area (Å²) in [5.41, 5.74) is 1.10. The molecule has 1 amide bonds. The van der Waals surface area contributed by atoms with Crippen molar-refractivity contribution < 1.29 is 4.79 Å². The molecule has 2 heterocycles. The van der Waals surface area contributed by atoms with Gasteiger partial charge in [0.05, 0.1) is 5.69 Å². The first kappa shape index (κ1) is 21.5. The van der Waals surface area contributed by atoms with E-state index in [2.05, 4.69) is 41.0 Å². The normalized spacial score (nSPS) is 21.1. The standard InChI is InChI=1S/C19H26N4OS.C2H6/c1-5-14-15(25-18(23-14)16-20-7-6-8-21-16)17(24)22-13-9-12(2)10-19(3,4)11-13;1-2/h6-8,12-13H,5,9-11H2,1-4H3,(H,22,24);1-2H3. The van der Waals surface area contributed by atoms with E-state index >= 15 is 0 Å². The zero-order chi connectivity index (χ0) is 20.0. The first-order chi connectivity index (χ1) is 12.9. The summed E-state index contributed by atoms with van der Waals surface area (Å²) in [6.45, 7) is 12.9. The number of thiazole rings is 1. The predicted octanol–water partition coefficient (Wildman–Crippen LogP) is 5.13. The molecule has 0 radical (unpaired) electrons. The van der Waals surface area contributed by atoms with Crippen molar-refractivity contribution in [3.8, 4) is 10.8 Å². The van der Waals surface area contributed by atoms with Gasteiger partial charge in [-0.25, -0.2) is 15.0 Å². The van der Waals surface area contributed by atoms with Crippen molar-refractivity contribution in [3.05, 3.63) is 29.0 Å². The summed E-state index contributed by atoms with van der Waals surface area (Å²) in [6.07, 6.45) is 7.40. The van der Waals surface area contributed by atoms with Gasteiger partial charge >= 0.3 is 0 Å². The van der Waals surface area contributed by atoms with Crippen LogP contribution in [-0.4, -0.2) is 26.9 Å². The van der Waals surface area contributed by atoms with Crippen LogP contribution in [-0.2, 0) is 6.42 Å². The lowest BCUT2D eigenvalue weighted by molar-refractivity contribution is 0.0877. The molecule has 27 heavy (non-hydrogen) atoms. The van der Waals surface area contributed by atoms with Crippen molar-refractivity contribution >= 4 is 17.2 Å². The van der Waals surface area contributed by atoms with Gasteiger partial charge in [0.25, 0.3) is 5.91 Å². The van der Waals surface area contributed by atoms with Crippen LogP contribution in [0.15, 0.2) is 18.5 Å². The van der Waals surface area contributed by atoms with Gasteiger partial charge < -0.3 is 5.32 Å². The second-order valence-electron chi connectivity index (χ2n) is 7.80. The van der Waals surface area contributed by atoms with Crippen LogP contribution in [0.5, 0.6) is 0 Å². The van der Waals surface area contributed by atoms with Gasteiger partial charge in [0.1, 0.15) is 4.88 Å². The average Bonchev–Trinajstić information content (AvgIpc) is 3.07. The first-order valence-electron chi connectivity index (χ1n) is 9.96. The molecule has 2 unspecified atom stereocenters. The van der Waals surface area contributed by atoms with Crippen LogP contribution in [0.1, 0.15) is 76.2 Å². The maximum atomic E-state index is 12.9. The fourth-order valence-electron chi connectivity index (χ4n) is 3.98. The minimum atomic E-state index is -0.00793. The van der Waals surface area contributed by atoms with E-state index in [0.717, 1.165) is 25.0 Å².